The number of piperazine rings is 1. The van der Waals surface area contributed by atoms with Crippen LogP contribution in [0.1, 0.15) is 6.42 Å². The number of aromatic nitrogens is 1. The number of benzene rings is 3. The first-order valence-corrected chi connectivity index (χ1v) is 14.9. The molecule has 8 nitrogen and oxygen atoms in total. The Labute approximate surface area is 227 Å². The largest absolute Gasteiger partial charge is 0.493 e. The lowest BCUT2D eigenvalue weighted by atomic mass is 10.2. The van der Waals surface area contributed by atoms with E-state index in [2.05, 4.69) is 38.8 Å². The number of methoxy groups -OCH3 is 2. The molecule has 2 heterocycles. The van der Waals surface area contributed by atoms with Gasteiger partial charge in [0, 0.05) is 44.5 Å². The summed E-state index contributed by atoms with van der Waals surface area (Å²) in [5, 5.41) is 0.674. The van der Waals surface area contributed by atoms with Crippen molar-refractivity contribution in [2.24, 2.45) is 0 Å². The Balaban J connectivity index is 1.24. The van der Waals surface area contributed by atoms with Gasteiger partial charge in [-0.05, 0) is 43.3 Å². The van der Waals surface area contributed by atoms with Gasteiger partial charge in [0.15, 0.2) is 11.5 Å². The molecule has 0 bridgehead atoms. The van der Waals surface area contributed by atoms with Crippen molar-refractivity contribution in [3.63, 3.8) is 0 Å². The second kappa shape index (κ2) is 11.7. The van der Waals surface area contributed by atoms with Crippen LogP contribution in [0.15, 0.2) is 71.6 Å². The third kappa shape index (κ3) is 5.78. The number of fused-ring (bicyclic) bond motifs is 1. The van der Waals surface area contributed by atoms with Crippen molar-refractivity contribution in [3.8, 4) is 22.1 Å². The topological polar surface area (TPSA) is 84.0 Å². The Morgan fingerprint density at radius 2 is 1.68 bits per heavy atom. The maximum atomic E-state index is 13.3. The summed E-state index contributed by atoms with van der Waals surface area (Å²) in [4.78, 5) is 9.60. The van der Waals surface area contributed by atoms with Crippen molar-refractivity contribution < 1.29 is 17.9 Å². The van der Waals surface area contributed by atoms with Crippen LogP contribution in [0.2, 0.25) is 0 Å². The standard InChI is InChI=1S/C28H32N4O4S2/c1-35-25-20-22(19-23(27(25)36-2)28-30-24-11-6-7-12-26(24)37-28)38(33,34)29-13-8-14-31-15-17-32(18-16-31)21-9-4-3-5-10-21/h3-7,9-12,19-20,29H,8,13-18H2,1-2H3. The van der Waals surface area contributed by atoms with Crippen LogP contribution in [0, 0.1) is 0 Å². The minimum atomic E-state index is -3.76. The number of hydrogen-bond donors (Lipinski definition) is 1. The zero-order valence-corrected chi connectivity index (χ0v) is 23.2. The van der Waals surface area contributed by atoms with Crippen LogP contribution in [0.5, 0.6) is 11.5 Å². The smallest absolute Gasteiger partial charge is 0.240 e. The molecule has 5 rings (SSSR count). The van der Waals surface area contributed by atoms with Crippen LogP contribution < -0.4 is 19.1 Å². The number of sulfonamides is 1. The lowest BCUT2D eigenvalue weighted by molar-refractivity contribution is 0.255. The number of para-hydroxylation sites is 2. The highest BCUT2D eigenvalue weighted by atomic mass is 32.2. The van der Waals surface area contributed by atoms with Gasteiger partial charge in [-0.1, -0.05) is 30.3 Å². The summed E-state index contributed by atoms with van der Waals surface area (Å²) in [6.07, 6.45) is 0.725. The summed E-state index contributed by atoms with van der Waals surface area (Å²) < 4.78 is 41.4. The normalized spacial score (nSPS) is 14.6. The van der Waals surface area contributed by atoms with Crippen molar-refractivity contribution in [3.05, 3.63) is 66.7 Å². The van der Waals surface area contributed by atoms with E-state index in [-0.39, 0.29) is 4.90 Å². The van der Waals surface area contributed by atoms with E-state index in [0.717, 1.165) is 49.4 Å². The van der Waals surface area contributed by atoms with Crippen LogP contribution in [-0.2, 0) is 10.0 Å². The summed E-state index contributed by atoms with van der Waals surface area (Å²) >= 11 is 1.48. The van der Waals surface area contributed by atoms with E-state index >= 15 is 0 Å². The van der Waals surface area contributed by atoms with E-state index in [1.54, 1.807) is 13.2 Å². The molecular formula is C28H32N4O4S2. The number of anilines is 1. The predicted molar refractivity (Wildman–Crippen MR) is 153 cm³/mol. The highest BCUT2D eigenvalue weighted by Crippen LogP contribution is 2.42. The summed E-state index contributed by atoms with van der Waals surface area (Å²) in [6, 6.07) is 21.4. The molecule has 3 aromatic carbocycles. The molecule has 1 N–H and O–H groups in total. The number of rotatable bonds is 10. The lowest BCUT2D eigenvalue weighted by Crippen LogP contribution is -2.47. The fourth-order valence-corrected chi connectivity index (χ4v) is 6.80. The molecule has 4 aromatic rings. The molecule has 0 unspecified atom stereocenters. The van der Waals surface area contributed by atoms with E-state index in [4.69, 9.17) is 14.5 Å². The molecule has 38 heavy (non-hydrogen) atoms. The van der Waals surface area contributed by atoms with Gasteiger partial charge in [0.05, 0.1) is 34.9 Å². The van der Waals surface area contributed by atoms with Gasteiger partial charge in [-0.2, -0.15) is 0 Å². The molecule has 1 aliphatic rings. The summed E-state index contributed by atoms with van der Waals surface area (Å²) in [5.74, 6) is 0.807. The molecule has 0 saturated carbocycles. The van der Waals surface area contributed by atoms with Gasteiger partial charge in [0.1, 0.15) is 5.01 Å². The fraction of sp³-hybridized carbons (Fsp3) is 0.321. The van der Waals surface area contributed by atoms with Gasteiger partial charge < -0.3 is 14.4 Å². The number of thiazole rings is 1. The molecule has 0 atom stereocenters. The average Bonchev–Trinajstić information content (AvgIpc) is 3.39. The molecular weight excluding hydrogens is 520 g/mol. The van der Waals surface area contributed by atoms with E-state index in [1.165, 1.54) is 30.2 Å². The second-order valence-electron chi connectivity index (χ2n) is 9.11. The Hall–Kier alpha value is -3.18. The van der Waals surface area contributed by atoms with Crippen molar-refractivity contribution in [2.45, 2.75) is 11.3 Å². The second-order valence-corrected chi connectivity index (χ2v) is 11.9. The minimum absolute atomic E-state index is 0.126. The van der Waals surface area contributed by atoms with E-state index < -0.39 is 10.0 Å². The quantitative estimate of drug-likeness (QED) is 0.291. The van der Waals surface area contributed by atoms with Gasteiger partial charge in [0.25, 0.3) is 0 Å². The number of hydrogen-bond acceptors (Lipinski definition) is 8. The molecule has 1 saturated heterocycles. The monoisotopic (exact) mass is 552 g/mol. The molecule has 10 heteroatoms. The maximum Gasteiger partial charge on any atom is 0.240 e. The molecule has 0 radical (unpaired) electrons. The van der Waals surface area contributed by atoms with Crippen LogP contribution in [0.4, 0.5) is 5.69 Å². The van der Waals surface area contributed by atoms with E-state index in [9.17, 15) is 8.42 Å². The molecule has 1 fully saturated rings. The number of ether oxygens (including phenoxy) is 2. The SMILES string of the molecule is COc1cc(S(=O)(=O)NCCCN2CCN(c3ccccc3)CC2)cc(-c2nc3ccccc3s2)c1OC. The van der Waals surface area contributed by atoms with Gasteiger partial charge >= 0.3 is 0 Å². The van der Waals surface area contributed by atoms with Gasteiger partial charge in [-0.15, -0.1) is 11.3 Å². The lowest BCUT2D eigenvalue weighted by Gasteiger charge is -2.36. The van der Waals surface area contributed by atoms with Gasteiger partial charge in [0.2, 0.25) is 10.0 Å². The average molecular weight is 553 g/mol. The molecule has 0 spiro atoms. The predicted octanol–water partition coefficient (Wildman–Crippen LogP) is 4.47. The molecule has 200 valence electrons. The van der Waals surface area contributed by atoms with Crippen LogP contribution in [0.3, 0.4) is 0 Å². The van der Waals surface area contributed by atoms with Crippen LogP contribution in [0.25, 0.3) is 20.8 Å². The first-order chi connectivity index (χ1) is 18.5. The van der Waals surface area contributed by atoms with Crippen LogP contribution >= 0.6 is 11.3 Å². The zero-order chi connectivity index (χ0) is 26.5. The third-order valence-electron chi connectivity index (χ3n) is 6.72. The van der Waals surface area contributed by atoms with E-state index in [1.807, 2.05) is 30.3 Å². The van der Waals surface area contributed by atoms with Crippen molar-refractivity contribution >= 4 is 37.3 Å². The fourth-order valence-electron chi connectivity index (χ4n) is 4.70. The Bertz CT molecular complexity index is 1450. The Morgan fingerprint density at radius 3 is 2.39 bits per heavy atom. The summed E-state index contributed by atoms with van der Waals surface area (Å²) in [7, 11) is -0.718. The minimum Gasteiger partial charge on any atom is -0.493 e. The third-order valence-corrected chi connectivity index (χ3v) is 9.23. The number of nitrogens with one attached hydrogen (secondary N) is 1. The van der Waals surface area contributed by atoms with Crippen LogP contribution in [-0.4, -0.2) is 71.8 Å². The highest BCUT2D eigenvalue weighted by molar-refractivity contribution is 7.89. The first kappa shape index (κ1) is 26.4. The summed E-state index contributed by atoms with van der Waals surface area (Å²) in [5.41, 5.74) is 2.69. The van der Waals surface area contributed by atoms with Gasteiger partial charge in [-0.3, -0.25) is 4.90 Å². The zero-order valence-electron chi connectivity index (χ0n) is 21.6. The number of nitrogens with zero attached hydrogens (tertiary/aromatic N) is 3. The Kier molecular flexibility index (Phi) is 8.13. The molecule has 0 amide bonds. The summed E-state index contributed by atoms with van der Waals surface area (Å²) in [6.45, 7) is 5.05. The maximum absolute atomic E-state index is 13.3. The van der Waals surface area contributed by atoms with Gasteiger partial charge in [-0.25, -0.2) is 18.1 Å². The van der Waals surface area contributed by atoms with Crippen molar-refractivity contribution in [1.29, 1.82) is 0 Å². The molecule has 1 aromatic heterocycles. The Morgan fingerprint density at radius 1 is 0.947 bits per heavy atom. The van der Waals surface area contributed by atoms with Crippen molar-refractivity contribution in [2.75, 3.05) is 58.4 Å². The molecule has 0 aliphatic carbocycles. The molecule has 1 aliphatic heterocycles. The first-order valence-electron chi connectivity index (χ1n) is 12.6. The van der Waals surface area contributed by atoms with E-state index in [0.29, 0.717) is 28.6 Å². The highest BCUT2D eigenvalue weighted by Gasteiger charge is 2.23. The van der Waals surface area contributed by atoms with Crippen molar-refractivity contribution in [1.82, 2.24) is 14.6 Å².